The Hall–Kier alpha value is -3.24. The second kappa shape index (κ2) is 9.94. The van der Waals surface area contributed by atoms with E-state index in [0.29, 0.717) is 17.5 Å². The summed E-state index contributed by atoms with van der Waals surface area (Å²) in [5.74, 6) is 0.0757. The molecule has 0 aliphatic carbocycles. The number of halogens is 4. The zero-order chi connectivity index (χ0) is 25.1. The van der Waals surface area contributed by atoms with Gasteiger partial charge in [0.2, 0.25) is 0 Å². The van der Waals surface area contributed by atoms with E-state index in [1.54, 1.807) is 19.1 Å². The van der Waals surface area contributed by atoms with Gasteiger partial charge in [0.1, 0.15) is 5.75 Å². The summed E-state index contributed by atoms with van der Waals surface area (Å²) < 4.78 is 71.9. The summed E-state index contributed by atoms with van der Waals surface area (Å²) in [6.07, 6.45) is -5.56. The Labute approximate surface area is 199 Å². The Morgan fingerprint density at radius 1 is 0.971 bits per heavy atom. The van der Waals surface area contributed by atoms with Crippen LogP contribution in [-0.4, -0.2) is 20.4 Å². The van der Waals surface area contributed by atoms with Gasteiger partial charge >= 0.3 is 6.18 Å². The van der Waals surface area contributed by atoms with Crippen LogP contribution in [0.2, 0.25) is 5.02 Å². The van der Waals surface area contributed by atoms with Crippen molar-refractivity contribution >= 4 is 38.9 Å². The molecule has 1 amide bonds. The Morgan fingerprint density at radius 3 is 2.15 bits per heavy atom. The lowest BCUT2D eigenvalue weighted by Gasteiger charge is -2.15. The molecule has 0 aromatic heterocycles. The summed E-state index contributed by atoms with van der Waals surface area (Å²) >= 11 is 5.56. The molecule has 34 heavy (non-hydrogen) atoms. The number of benzene rings is 3. The number of hydrogen-bond acceptors (Lipinski definition) is 4. The van der Waals surface area contributed by atoms with Crippen LogP contribution in [0.15, 0.2) is 71.6 Å². The van der Waals surface area contributed by atoms with Crippen LogP contribution >= 0.6 is 11.6 Å². The van der Waals surface area contributed by atoms with Gasteiger partial charge in [-0.05, 0) is 68.4 Å². The van der Waals surface area contributed by atoms with Gasteiger partial charge in [0.15, 0.2) is 6.10 Å². The molecule has 0 fully saturated rings. The number of aryl methyl sites for hydroxylation is 1. The standard InChI is InChI=1S/C23H20ClF3N2O4S/c1-14-3-8-18(9-4-14)33-15(2)22(30)28-16-5-10-19(11-6-16)34(31,32)29-17-7-12-21(24)20(13-17)23(25,26)27/h3-13,15,29H,1-2H3,(H,28,30)/t15-/m1/s1. The molecule has 11 heteroatoms. The zero-order valence-corrected chi connectivity index (χ0v) is 19.6. The highest BCUT2D eigenvalue weighted by Crippen LogP contribution is 2.36. The van der Waals surface area contributed by atoms with Crippen LogP contribution in [0, 0.1) is 6.92 Å². The summed E-state index contributed by atoms with van der Waals surface area (Å²) in [5.41, 5.74) is -0.0921. The first-order valence-electron chi connectivity index (χ1n) is 9.89. The Bertz CT molecular complexity index is 1280. The highest BCUT2D eigenvalue weighted by molar-refractivity contribution is 7.92. The predicted octanol–water partition coefficient (Wildman–Crippen LogP) is 5.87. The van der Waals surface area contributed by atoms with Gasteiger partial charge in [-0.3, -0.25) is 9.52 Å². The molecule has 0 saturated carbocycles. The highest BCUT2D eigenvalue weighted by atomic mass is 35.5. The molecule has 3 aromatic rings. The summed E-state index contributed by atoms with van der Waals surface area (Å²) in [6, 6.07) is 15.0. The number of carbonyl (C=O) groups excluding carboxylic acids is 1. The van der Waals surface area contributed by atoms with Crippen molar-refractivity contribution in [1.82, 2.24) is 0 Å². The van der Waals surface area contributed by atoms with E-state index in [4.69, 9.17) is 16.3 Å². The normalized spacial score (nSPS) is 12.6. The van der Waals surface area contributed by atoms with Gasteiger partial charge < -0.3 is 10.1 Å². The van der Waals surface area contributed by atoms with Gasteiger partial charge in [-0.2, -0.15) is 13.2 Å². The quantitative estimate of drug-likeness (QED) is 0.414. The van der Waals surface area contributed by atoms with Gasteiger partial charge in [0.05, 0.1) is 15.5 Å². The zero-order valence-electron chi connectivity index (χ0n) is 18.0. The van der Waals surface area contributed by atoms with Crippen molar-refractivity contribution in [2.75, 3.05) is 10.0 Å². The van der Waals surface area contributed by atoms with E-state index in [-0.39, 0.29) is 10.6 Å². The second-order valence-corrected chi connectivity index (χ2v) is 9.47. The SMILES string of the molecule is Cc1ccc(O[C@H](C)C(=O)Nc2ccc(S(=O)(=O)Nc3ccc(Cl)c(C(F)(F)F)c3)cc2)cc1. The van der Waals surface area contributed by atoms with E-state index in [1.807, 2.05) is 19.1 Å². The molecular weight excluding hydrogens is 493 g/mol. The molecular formula is C23H20ClF3N2O4S. The van der Waals surface area contributed by atoms with Crippen molar-refractivity contribution < 1.29 is 31.1 Å². The molecule has 0 saturated heterocycles. The number of sulfonamides is 1. The van der Waals surface area contributed by atoms with Crippen molar-refractivity contribution in [3.8, 4) is 5.75 Å². The molecule has 0 aliphatic rings. The number of amides is 1. The van der Waals surface area contributed by atoms with Gasteiger partial charge in [-0.1, -0.05) is 29.3 Å². The molecule has 0 bridgehead atoms. The minimum Gasteiger partial charge on any atom is -0.481 e. The maximum Gasteiger partial charge on any atom is 0.417 e. The van der Waals surface area contributed by atoms with Gasteiger partial charge in [0.25, 0.3) is 15.9 Å². The van der Waals surface area contributed by atoms with E-state index in [1.165, 1.54) is 24.3 Å². The van der Waals surface area contributed by atoms with Crippen molar-refractivity contribution in [3.63, 3.8) is 0 Å². The maximum absolute atomic E-state index is 13.0. The minimum atomic E-state index is -4.74. The molecule has 0 unspecified atom stereocenters. The van der Waals surface area contributed by atoms with Crippen LogP contribution in [0.3, 0.4) is 0 Å². The Kier molecular flexibility index (Phi) is 7.42. The van der Waals surface area contributed by atoms with Gasteiger partial charge in [0, 0.05) is 11.4 Å². The van der Waals surface area contributed by atoms with E-state index >= 15 is 0 Å². The largest absolute Gasteiger partial charge is 0.481 e. The van der Waals surface area contributed by atoms with Crippen molar-refractivity contribution in [1.29, 1.82) is 0 Å². The molecule has 0 aliphatic heterocycles. The summed E-state index contributed by atoms with van der Waals surface area (Å²) in [5, 5.41) is 2.07. The maximum atomic E-state index is 13.0. The fourth-order valence-electron chi connectivity index (χ4n) is 2.86. The van der Waals surface area contributed by atoms with Crippen molar-refractivity contribution in [2.45, 2.75) is 31.0 Å². The number of ether oxygens (including phenoxy) is 1. The second-order valence-electron chi connectivity index (χ2n) is 7.38. The molecule has 3 rings (SSSR count). The third-order valence-electron chi connectivity index (χ3n) is 4.66. The number of rotatable bonds is 7. The lowest BCUT2D eigenvalue weighted by Crippen LogP contribution is -2.30. The number of hydrogen-bond donors (Lipinski definition) is 2. The monoisotopic (exact) mass is 512 g/mol. The number of anilines is 2. The summed E-state index contributed by atoms with van der Waals surface area (Å²) in [7, 11) is -4.19. The lowest BCUT2D eigenvalue weighted by atomic mass is 10.2. The first-order chi connectivity index (χ1) is 15.8. The topological polar surface area (TPSA) is 84.5 Å². The van der Waals surface area contributed by atoms with Crippen LogP contribution in [0.5, 0.6) is 5.75 Å². The molecule has 1 atom stereocenters. The van der Waals surface area contributed by atoms with Crippen LogP contribution in [-0.2, 0) is 21.0 Å². The van der Waals surface area contributed by atoms with Crippen LogP contribution in [0.4, 0.5) is 24.5 Å². The Morgan fingerprint density at radius 2 is 1.56 bits per heavy atom. The summed E-state index contributed by atoms with van der Waals surface area (Å²) in [6.45, 7) is 3.49. The first kappa shape index (κ1) is 25.4. The highest BCUT2D eigenvalue weighted by Gasteiger charge is 2.33. The Balaban J connectivity index is 1.67. The molecule has 6 nitrogen and oxygen atoms in total. The molecule has 3 aromatic carbocycles. The van der Waals surface area contributed by atoms with Crippen LogP contribution in [0.1, 0.15) is 18.1 Å². The van der Waals surface area contributed by atoms with Crippen LogP contribution in [0.25, 0.3) is 0 Å². The van der Waals surface area contributed by atoms with Crippen LogP contribution < -0.4 is 14.8 Å². The van der Waals surface area contributed by atoms with Gasteiger partial charge in [-0.25, -0.2) is 8.42 Å². The fourth-order valence-corrected chi connectivity index (χ4v) is 4.13. The first-order valence-corrected chi connectivity index (χ1v) is 11.7. The van der Waals surface area contributed by atoms with E-state index in [2.05, 4.69) is 10.0 Å². The molecule has 2 N–H and O–H groups in total. The molecule has 180 valence electrons. The minimum absolute atomic E-state index is 0.210. The third kappa shape index (κ3) is 6.42. The van der Waals surface area contributed by atoms with E-state index < -0.39 is 38.8 Å². The van der Waals surface area contributed by atoms with Gasteiger partial charge in [-0.15, -0.1) is 0 Å². The van der Waals surface area contributed by atoms with E-state index in [9.17, 15) is 26.4 Å². The fraction of sp³-hybridized carbons (Fsp3) is 0.174. The average Bonchev–Trinajstić information content (AvgIpc) is 2.76. The average molecular weight is 513 g/mol. The number of alkyl halides is 3. The molecule has 0 heterocycles. The predicted molar refractivity (Wildman–Crippen MR) is 124 cm³/mol. The van der Waals surface area contributed by atoms with Crippen molar-refractivity contribution in [2.24, 2.45) is 0 Å². The number of carbonyl (C=O) groups is 1. The number of nitrogens with one attached hydrogen (secondary N) is 2. The summed E-state index contributed by atoms with van der Waals surface area (Å²) in [4.78, 5) is 12.2. The third-order valence-corrected chi connectivity index (χ3v) is 6.39. The molecule has 0 spiro atoms. The lowest BCUT2D eigenvalue weighted by molar-refractivity contribution is -0.137. The smallest absolute Gasteiger partial charge is 0.417 e. The molecule has 0 radical (unpaired) electrons. The van der Waals surface area contributed by atoms with Crippen molar-refractivity contribution in [3.05, 3.63) is 82.9 Å². The van der Waals surface area contributed by atoms with E-state index in [0.717, 1.165) is 17.7 Å².